The number of nitrogens with one attached hydrogen (secondary N) is 1. The van der Waals surface area contributed by atoms with E-state index < -0.39 is 4.92 Å². The number of halogens is 1. The molecule has 0 radical (unpaired) electrons. The second kappa shape index (κ2) is 7.95. The molecule has 0 aromatic heterocycles. The summed E-state index contributed by atoms with van der Waals surface area (Å²) < 4.78 is 0. The fourth-order valence-electron chi connectivity index (χ4n) is 2.49. The lowest BCUT2D eigenvalue weighted by atomic mass is 9.86. The number of nitrogens with two attached hydrogens (primary N) is 1. The highest BCUT2D eigenvalue weighted by Crippen LogP contribution is 2.23. The molecule has 0 saturated heterocycles. The quantitative estimate of drug-likeness (QED) is 0.657. The molecule has 0 spiro atoms. The van der Waals surface area contributed by atoms with Crippen LogP contribution in [0.15, 0.2) is 24.3 Å². The van der Waals surface area contributed by atoms with Crippen LogP contribution < -0.4 is 11.1 Å². The minimum Gasteiger partial charge on any atom is -0.352 e. The Hall–Kier alpha value is -1.66. The van der Waals surface area contributed by atoms with E-state index in [0.29, 0.717) is 6.54 Å². The maximum Gasteiger partial charge on any atom is 0.269 e. The molecule has 0 heterocycles. The first kappa shape index (κ1) is 17.4. The summed E-state index contributed by atoms with van der Waals surface area (Å²) in [5.74, 6) is 0.0388. The summed E-state index contributed by atoms with van der Waals surface area (Å²) in [6.07, 6.45) is 3.41. The van der Waals surface area contributed by atoms with E-state index in [-0.39, 0.29) is 36.0 Å². The predicted molar refractivity (Wildman–Crippen MR) is 82.1 cm³/mol. The molecule has 1 amide bonds. The van der Waals surface area contributed by atoms with E-state index in [4.69, 9.17) is 5.73 Å². The van der Waals surface area contributed by atoms with Crippen molar-refractivity contribution in [2.24, 2.45) is 11.7 Å². The second-order valence-electron chi connectivity index (χ2n) is 5.26. The van der Waals surface area contributed by atoms with Crippen LogP contribution in [-0.2, 0) is 11.3 Å². The summed E-state index contributed by atoms with van der Waals surface area (Å²) in [4.78, 5) is 22.3. The first-order valence-electron chi connectivity index (χ1n) is 6.83. The summed E-state index contributed by atoms with van der Waals surface area (Å²) in [7, 11) is 0. The SMILES string of the molecule is Cl.NC1CCC(C(=O)NCc2cccc([N+](=O)[O-])c2)CC1. The van der Waals surface area contributed by atoms with Crippen LogP contribution in [0.4, 0.5) is 5.69 Å². The van der Waals surface area contributed by atoms with E-state index in [1.165, 1.54) is 12.1 Å². The number of nitro groups is 1. The Kier molecular flexibility index (Phi) is 6.58. The maximum absolute atomic E-state index is 12.0. The van der Waals surface area contributed by atoms with E-state index >= 15 is 0 Å². The van der Waals surface area contributed by atoms with Gasteiger partial charge in [0.15, 0.2) is 0 Å². The third-order valence-electron chi connectivity index (χ3n) is 3.73. The van der Waals surface area contributed by atoms with E-state index in [0.717, 1.165) is 31.2 Å². The number of nitrogens with zero attached hydrogens (tertiary/aromatic N) is 1. The lowest BCUT2D eigenvalue weighted by molar-refractivity contribution is -0.384. The molecule has 1 aliphatic carbocycles. The van der Waals surface area contributed by atoms with Gasteiger partial charge in [0, 0.05) is 30.6 Å². The number of nitro benzene ring substituents is 1. The lowest BCUT2D eigenvalue weighted by Gasteiger charge is -2.25. The monoisotopic (exact) mass is 313 g/mol. The van der Waals surface area contributed by atoms with Crippen molar-refractivity contribution in [2.45, 2.75) is 38.3 Å². The van der Waals surface area contributed by atoms with Crippen LogP contribution in [0.25, 0.3) is 0 Å². The zero-order valence-electron chi connectivity index (χ0n) is 11.7. The van der Waals surface area contributed by atoms with Crippen LogP contribution in [0.2, 0.25) is 0 Å². The van der Waals surface area contributed by atoms with E-state index in [9.17, 15) is 14.9 Å². The number of carbonyl (C=O) groups is 1. The molecule has 116 valence electrons. The molecule has 1 aromatic rings. The largest absolute Gasteiger partial charge is 0.352 e. The Morgan fingerprint density at radius 3 is 2.62 bits per heavy atom. The number of non-ortho nitro benzene ring substituents is 1. The first-order valence-corrected chi connectivity index (χ1v) is 6.83. The van der Waals surface area contributed by atoms with Crippen LogP contribution in [0.1, 0.15) is 31.2 Å². The molecule has 0 aliphatic heterocycles. The number of amides is 1. The number of hydrogen-bond donors (Lipinski definition) is 2. The molecule has 0 bridgehead atoms. The molecular formula is C14H20ClN3O3. The summed E-state index contributed by atoms with van der Waals surface area (Å²) in [6, 6.07) is 6.53. The van der Waals surface area contributed by atoms with Gasteiger partial charge in [0.2, 0.25) is 5.91 Å². The lowest BCUT2D eigenvalue weighted by Crippen LogP contribution is -2.35. The van der Waals surface area contributed by atoms with Gasteiger partial charge in [-0.25, -0.2) is 0 Å². The molecule has 21 heavy (non-hydrogen) atoms. The highest BCUT2D eigenvalue weighted by atomic mass is 35.5. The van der Waals surface area contributed by atoms with Gasteiger partial charge in [-0.05, 0) is 31.2 Å². The molecule has 7 heteroatoms. The molecule has 3 N–H and O–H groups in total. The van der Waals surface area contributed by atoms with Crippen molar-refractivity contribution in [2.75, 3.05) is 0 Å². The summed E-state index contributed by atoms with van der Waals surface area (Å²) in [5, 5.41) is 13.5. The molecule has 0 atom stereocenters. The van der Waals surface area contributed by atoms with Crippen LogP contribution in [0.3, 0.4) is 0 Å². The molecule has 1 aliphatic rings. The van der Waals surface area contributed by atoms with Crippen molar-refractivity contribution in [3.63, 3.8) is 0 Å². The highest BCUT2D eigenvalue weighted by molar-refractivity contribution is 5.85. The van der Waals surface area contributed by atoms with Gasteiger partial charge in [-0.2, -0.15) is 0 Å². The molecule has 0 unspecified atom stereocenters. The topological polar surface area (TPSA) is 98.3 Å². The molecule has 1 aromatic carbocycles. The zero-order valence-corrected chi connectivity index (χ0v) is 12.5. The van der Waals surface area contributed by atoms with Crippen molar-refractivity contribution >= 4 is 24.0 Å². The molecular weight excluding hydrogens is 294 g/mol. The first-order chi connectivity index (χ1) is 9.56. The van der Waals surface area contributed by atoms with Crippen molar-refractivity contribution < 1.29 is 9.72 Å². The molecule has 6 nitrogen and oxygen atoms in total. The van der Waals surface area contributed by atoms with Crippen LogP contribution >= 0.6 is 12.4 Å². The number of rotatable bonds is 4. The minimum absolute atomic E-state index is 0. The molecule has 1 fully saturated rings. The van der Waals surface area contributed by atoms with Gasteiger partial charge in [-0.15, -0.1) is 12.4 Å². The normalized spacial score (nSPS) is 21.2. The summed E-state index contributed by atoms with van der Waals surface area (Å²) in [5.41, 5.74) is 6.59. The Bertz CT molecular complexity index is 502. The number of carbonyl (C=O) groups excluding carboxylic acids is 1. The number of hydrogen-bond acceptors (Lipinski definition) is 4. The van der Waals surface area contributed by atoms with Crippen molar-refractivity contribution in [3.8, 4) is 0 Å². The summed E-state index contributed by atoms with van der Waals surface area (Å²) >= 11 is 0. The predicted octanol–water partition coefficient (Wildman–Crippen LogP) is 2.15. The van der Waals surface area contributed by atoms with Gasteiger partial charge >= 0.3 is 0 Å². The van der Waals surface area contributed by atoms with Gasteiger partial charge in [-0.1, -0.05) is 12.1 Å². The second-order valence-corrected chi connectivity index (χ2v) is 5.26. The van der Waals surface area contributed by atoms with E-state index in [1.54, 1.807) is 12.1 Å². The van der Waals surface area contributed by atoms with Gasteiger partial charge in [0.05, 0.1) is 4.92 Å². The maximum atomic E-state index is 12.0. The van der Waals surface area contributed by atoms with Crippen LogP contribution in [-0.4, -0.2) is 16.9 Å². The Balaban J connectivity index is 0.00000220. The third-order valence-corrected chi connectivity index (χ3v) is 3.73. The van der Waals surface area contributed by atoms with Crippen LogP contribution in [0.5, 0.6) is 0 Å². The van der Waals surface area contributed by atoms with E-state index in [2.05, 4.69) is 5.32 Å². The van der Waals surface area contributed by atoms with Gasteiger partial charge < -0.3 is 11.1 Å². The standard InChI is InChI=1S/C14H19N3O3.ClH/c15-12-6-4-11(5-7-12)14(18)16-9-10-2-1-3-13(8-10)17(19)20;/h1-3,8,11-12H,4-7,9,15H2,(H,16,18);1H. The van der Waals surface area contributed by atoms with Gasteiger partial charge in [0.1, 0.15) is 0 Å². The van der Waals surface area contributed by atoms with Gasteiger partial charge in [-0.3, -0.25) is 14.9 Å². The summed E-state index contributed by atoms with van der Waals surface area (Å²) in [6.45, 7) is 0.322. The van der Waals surface area contributed by atoms with Crippen molar-refractivity contribution in [3.05, 3.63) is 39.9 Å². The van der Waals surface area contributed by atoms with Gasteiger partial charge in [0.25, 0.3) is 5.69 Å². The number of benzene rings is 1. The fraction of sp³-hybridized carbons (Fsp3) is 0.500. The Morgan fingerprint density at radius 1 is 1.33 bits per heavy atom. The van der Waals surface area contributed by atoms with Crippen molar-refractivity contribution in [1.29, 1.82) is 0 Å². The average molecular weight is 314 g/mol. The molecule has 2 rings (SSSR count). The molecule has 1 saturated carbocycles. The smallest absolute Gasteiger partial charge is 0.269 e. The fourth-order valence-corrected chi connectivity index (χ4v) is 2.49. The van der Waals surface area contributed by atoms with E-state index in [1.807, 2.05) is 0 Å². The van der Waals surface area contributed by atoms with Crippen LogP contribution in [0, 0.1) is 16.0 Å². The Morgan fingerprint density at radius 2 is 2.00 bits per heavy atom. The minimum atomic E-state index is -0.437. The third kappa shape index (κ3) is 4.99. The highest BCUT2D eigenvalue weighted by Gasteiger charge is 2.24. The Labute approximate surface area is 129 Å². The van der Waals surface area contributed by atoms with Crippen molar-refractivity contribution in [1.82, 2.24) is 5.32 Å². The zero-order chi connectivity index (χ0) is 14.5. The average Bonchev–Trinajstić information content (AvgIpc) is 2.46.